The van der Waals surface area contributed by atoms with Gasteiger partial charge in [0, 0.05) is 11.8 Å². The summed E-state index contributed by atoms with van der Waals surface area (Å²) in [4.78, 5) is 0. The van der Waals surface area contributed by atoms with Gasteiger partial charge in [0.15, 0.2) is 0 Å². The van der Waals surface area contributed by atoms with Gasteiger partial charge in [-0.2, -0.15) is 0 Å². The van der Waals surface area contributed by atoms with E-state index in [0.29, 0.717) is 11.8 Å². The van der Waals surface area contributed by atoms with E-state index in [1.54, 1.807) is 21.5 Å². The first-order chi connectivity index (χ1) is 17.8. The third-order valence-electron chi connectivity index (χ3n) is 9.08. The predicted octanol–water partition coefficient (Wildman–Crippen LogP) is 8.60. The van der Waals surface area contributed by atoms with Crippen molar-refractivity contribution in [3.8, 4) is 0 Å². The summed E-state index contributed by atoms with van der Waals surface area (Å²) in [5, 5.41) is 3.18. The van der Waals surface area contributed by atoms with Crippen molar-refractivity contribution in [2.24, 2.45) is 0 Å². The SMILES string of the molecule is CC1=C(c2ccccc2)C(C)c2c1cccc2[Si](C)(C)c1cccc2c1C(C)C(c1ccccc1)=C2C. The van der Waals surface area contributed by atoms with Gasteiger partial charge < -0.3 is 0 Å². The Balaban J connectivity index is 1.48. The van der Waals surface area contributed by atoms with Crippen LogP contribution in [-0.4, -0.2) is 8.07 Å². The normalized spacial score (nSPS) is 18.9. The van der Waals surface area contributed by atoms with Gasteiger partial charge in [0.2, 0.25) is 0 Å². The van der Waals surface area contributed by atoms with E-state index in [1.807, 2.05) is 0 Å². The molecule has 0 radical (unpaired) electrons. The summed E-state index contributed by atoms with van der Waals surface area (Å²) < 4.78 is 0. The Bertz CT molecular complexity index is 1450. The van der Waals surface area contributed by atoms with E-state index in [0.717, 1.165) is 0 Å². The highest BCUT2D eigenvalue weighted by Crippen LogP contribution is 2.48. The smallest absolute Gasteiger partial charge is 0.0623 e. The van der Waals surface area contributed by atoms with E-state index < -0.39 is 8.07 Å². The van der Waals surface area contributed by atoms with Crippen molar-refractivity contribution in [1.82, 2.24) is 0 Å². The zero-order valence-electron chi connectivity index (χ0n) is 22.9. The number of benzene rings is 4. The number of hydrogen-bond acceptors (Lipinski definition) is 0. The number of hydrogen-bond donors (Lipinski definition) is 0. The van der Waals surface area contributed by atoms with Crippen LogP contribution < -0.4 is 10.4 Å². The first-order valence-corrected chi connectivity index (χ1v) is 16.6. The average molecular weight is 497 g/mol. The summed E-state index contributed by atoms with van der Waals surface area (Å²) in [6, 6.07) is 36.2. The molecule has 184 valence electrons. The minimum Gasteiger partial charge on any atom is -0.0623 e. The van der Waals surface area contributed by atoms with E-state index in [2.05, 4.69) is 138 Å². The zero-order chi connectivity index (χ0) is 25.9. The lowest BCUT2D eigenvalue weighted by Gasteiger charge is -2.31. The van der Waals surface area contributed by atoms with Crippen LogP contribution in [0.1, 0.15) is 72.9 Å². The Hall–Kier alpha value is -3.42. The van der Waals surface area contributed by atoms with Crippen LogP contribution in [0.2, 0.25) is 13.1 Å². The number of rotatable bonds is 4. The molecule has 0 N–H and O–H groups in total. The molecule has 2 aliphatic rings. The van der Waals surface area contributed by atoms with Crippen molar-refractivity contribution in [2.75, 3.05) is 0 Å². The molecule has 0 aromatic heterocycles. The van der Waals surface area contributed by atoms with Gasteiger partial charge in [0.05, 0.1) is 0 Å². The van der Waals surface area contributed by atoms with Gasteiger partial charge in [0.25, 0.3) is 0 Å². The summed E-state index contributed by atoms with van der Waals surface area (Å²) >= 11 is 0. The molecule has 0 nitrogen and oxygen atoms in total. The standard InChI is InChI=1S/C36H36Si/c1-23-29-19-13-21-31(35(29)25(3)33(23)27-15-9-7-10-16-27)37(5,6)32-22-14-20-30-24(2)34(26(4)36(30)32)28-17-11-8-12-18-28/h7-22,25-26H,1-6H3. The minimum absolute atomic E-state index is 0.398. The maximum atomic E-state index is 2.57. The topological polar surface area (TPSA) is 0 Å². The molecule has 0 amide bonds. The molecule has 0 aliphatic heterocycles. The van der Waals surface area contributed by atoms with Crippen molar-refractivity contribution in [1.29, 1.82) is 0 Å². The van der Waals surface area contributed by atoms with Gasteiger partial charge in [-0.25, -0.2) is 0 Å². The Morgan fingerprint density at radius 3 is 1.24 bits per heavy atom. The fourth-order valence-corrected chi connectivity index (χ4v) is 10.7. The van der Waals surface area contributed by atoms with Crippen LogP contribution >= 0.6 is 0 Å². The average Bonchev–Trinajstić information content (AvgIpc) is 3.33. The maximum absolute atomic E-state index is 2.57. The molecule has 37 heavy (non-hydrogen) atoms. The Morgan fingerprint density at radius 1 is 0.486 bits per heavy atom. The quantitative estimate of drug-likeness (QED) is 0.248. The van der Waals surface area contributed by atoms with E-state index in [1.165, 1.54) is 44.5 Å². The van der Waals surface area contributed by atoms with Crippen LogP contribution in [-0.2, 0) is 0 Å². The molecule has 2 unspecified atom stereocenters. The van der Waals surface area contributed by atoms with Crippen LogP contribution in [0.3, 0.4) is 0 Å². The molecular formula is C36H36Si. The Labute approximate surface area is 223 Å². The van der Waals surface area contributed by atoms with Crippen molar-refractivity contribution >= 4 is 40.7 Å². The largest absolute Gasteiger partial charge is 0.113 e. The van der Waals surface area contributed by atoms with Crippen LogP contribution in [0, 0.1) is 0 Å². The molecule has 2 aliphatic carbocycles. The number of allylic oxidation sites excluding steroid dienone is 4. The summed E-state index contributed by atoms with van der Waals surface area (Å²) in [6.07, 6.45) is 0. The second-order valence-electron chi connectivity index (χ2n) is 11.4. The molecule has 0 bridgehead atoms. The minimum atomic E-state index is -2.03. The Kier molecular flexibility index (Phi) is 5.73. The van der Waals surface area contributed by atoms with Gasteiger partial charge in [-0.3, -0.25) is 0 Å². The molecule has 0 saturated carbocycles. The summed E-state index contributed by atoms with van der Waals surface area (Å²) in [5.74, 6) is 0.795. The van der Waals surface area contributed by atoms with E-state index >= 15 is 0 Å². The third kappa shape index (κ3) is 3.55. The molecule has 0 saturated heterocycles. The highest BCUT2D eigenvalue weighted by Gasteiger charge is 2.39. The molecule has 0 heterocycles. The van der Waals surface area contributed by atoms with Gasteiger partial charge >= 0.3 is 0 Å². The van der Waals surface area contributed by atoms with Crippen molar-refractivity contribution in [3.63, 3.8) is 0 Å². The zero-order valence-corrected chi connectivity index (χ0v) is 23.9. The van der Waals surface area contributed by atoms with Crippen LogP contribution in [0.25, 0.3) is 22.3 Å². The van der Waals surface area contributed by atoms with Crippen LogP contribution in [0.5, 0.6) is 0 Å². The lowest BCUT2D eigenvalue weighted by atomic mass is 9.92. The van der Waals surface area contributed by atoms with Gasteiger partial charge in [-0.15, -0.1) is 0 Å². The predicted molar refractivity (Wildman–Crippen MR) is 164 cm³/mol. The van der Waals surface area contributed by atoms with Crippen molar-refractivity contribution in [3.05, 3.63) is 130 Å². The highest BCUT2D eigenvalue weighted by atomic mass is 28.3. The van der Waals surface area contributed by atoms with E-state index in [4.69, 9.17) is 0 Å². The van der Waals surface area contributed by atoms with Crippen molar-refractivity contribution < 1.29 is 0 Å². The van der Waals surface area contributed by atoms with Crippen LogP contribution in [0.4, 0.5) is 0 Å². The fraction of sp³-hybridized carbons (Fsp3) is 0.222. The lowest BCUT2D eigenvalue weighted by molar-refractivity contribution is 1.01. The molecule has 6 rings (SSSR count). The maximum Gasteiger partial charge on any atom is 0.113 e. The summed E-state index contributed by atoms with van der Waals surface area (Å²) in [6.45, 7) is 14.6. The monoisotopic (exact) mass is 496 g/mol. The van der Waals surface area contributed by atoms with Gasteiger partial charge in [-0.05, 0) is 69.5 Å². The molecule has 0 spiro atoms. The third-order valence-corrected chi connectivity index (χ3v) is 12.6. The first-order valence-electron chi connectivity index (χ1n) is 13.6. The molecular weight excluding hydrogens is 460 g/mol. The highest BCUT2D eigenvalue weighted by molar-refractivity contribution is 7.01. The van der Waals surface area contributed by atoms with Crippen LogP contribution in [0.15, 0.2) is 97.1 Å². The molecule has 1 heteroatoms. The second-order valence-corrected chi connectivity index (χ2v) is 15.7. The van der Waals surface area contributed by atoms with Gasteiger partial charge in [0.1, 0.15) is 8.07 Å². The molecule has 0 fully saturated rings. The van der Waals surface area contributed by atoms with Gasteiger partial charge in [-0.1, -0.05) is 134 Å². The lowest BCUT2D eigenvalue weighted by Crippen LogP contribution is -2.56. The second kappa shape index (κ2) is 8.85. The summed E-state index contributed by atoms with van der Waals surface area (Å²) in [5.41, 5.74) is 14.6. The molecule has 4 aromatic carbocycles. The molecule has 2 atom stereocenters. The van der Waals surface area contributed by atoms with Crippen molar-refractivity contribution in [2.45, 2.75) is 52.6 Å². The molecule has 4 aromatic rings. The number of fused-ring (bicyclic) bond motifs is 2. The van der Waals surface area contributed by atoms with E-state index in [-0.39, 0.29) is 0 Å². The summed E-state index contributed by atoms with van der Waals surface area (Å²) in [7, 11) is -2.03. The first kappa shape index (κ1) is 23.9. The fourth-order valence-electron chi connectivity index (χ4n) is 7.35. The Morgan fingerprint density at radius 2 is 0.865 bits per heavy atom. The van der Waals surface area contributed by atoms with E-state index in [9.17, 15) is 0 Å².